The Balaban J connectivity index is 2.53. The Hall–Kier alpha value is -1.35. The molecule has 0 aliphatic rings. The summed E-state index contributed by atoms with van der Waals surface area (Å²) in [4.78, 5) is 14.1. The maximum absolute atomic E-state index is 12.3. The van der Waals surface area contributed by atoms with Crippen molar-refractivity contribution < 1.29 is 4.79 Å². The number of hydrogen-bond donors (Lipinski definition) is 1. The number of likely N-dealkylation sites (N-methyl/N-ethyl adjacent to an activating group) is 1. The second-order valence-electron chi connectivity index (χ2n) is 8.15. The van der Waals surface area contributed by atoms with E-state index in [1.807, 2.05) is 19.2 Å². The van der Waals surface area contributed by atoms with Gasteiger partial charge in [0, 0.05) is 19.1 Å². The molecule has 0 atom stereocenters. The van der Waals surface area contributed by atoms with Crippen LogP contribution in [-0.2, 0) is 11.3 Å². The number of benzene rings is 1. The largest absolute Gasteiger partial charge is 0.340 e. The third kappa shape index (κ3) is 6.61. The first-order valence-electron chi connectivity index (χ1n) is 8.04. The van der Waals surface area contributed by atoms with Crippen LogP contribution >= 0.6 is 0 Å². The Bertz CT molecular complexity index is 500. The summed E-state index contributed by atoms with van der Waals surface area (Å²) in [5, 5.41) is 3.41. The highest BCUT2D eigenvalue weighted by atomic mass is 16.2. The molecule has 0 aliphatic carbocycles. The highest BCUT2D eigenvalue weighted by Gasteiger charge is 2.26. The number of nitrogens with zero attached hydrogens (tertiary/aromatic N) is 1. The molecule has 0 saturated heterocycles. The van der Waals surface area contributed by atoms with Crippen LogP contribution in [0.15, 0.2) is 24.3 Å². The number of nitrogens with one attached hydrogen (secondary N) is 1. The van der Waals surface area contributed by atoms with E-state index in [0.29, 0.717) is 13.1 Å². The van der Waals surface area contributed by atoms with Crippen LogP contribution in [0.4, 0.5) is 0 Å². The van der Waals surface area contributed by atoms with E-state index >= 15 is 0 Å². The van der Waals surface area contributed by atoms with Crippen molar-refractivity contribution in [2.75, 3.05) is 13.6 Å². The number of carbonyl (C=O) groups is 1. The molecule has 0 unspecified atom stereocenters. The molecule has 0 aliphatic heterocycles. The minimum absolute atomic E-state index is 0.0442. The Kier molecular flexibility index (Phi) is 6.18. The second kappa shape index (κ2) is 7.28. The molecular weight excluding hydrogens is 272 g/mol. The van der Waals surface area contributed by atoms with Gasteiger partial charge < -0.3 is 10.2 Å². The van der Waals surface area contributed by atoms with Crippen LogP contribution in [0.1, 0.15) is 52.2 Å². The Labute approximate surface area is 136 Å². The van der Waals surface area contributed by atoms with E-state index in [4.69, 9.17) is 0 Å². The fourth-order valence-electron chi connectivity index (χ4n) is 2.97. The predicted molar refractivity (Wildman–Crippen MR) is 93.8 cm³/mol. The van der Waals surface area contributed by atoms with E-state index in [1.54, 1.807) is 4.90 Å². The minimum Gasteiger partial charge on any atom is -0.340 e. The lowest BCUT2D eigenvalue weighted by atomic mass is 9.82. The molecule has 0 aromatic heterocycles. The van der Waals surface area contributed by atoms with Crippen molar-refractivity contribution in [2.24, 2.45) is 5.41 Å². The summed E-state index contributed by atoms with van der Waals surface area (Å²) >= 11 is 0. The van der Waals surface area contributed by atoms with Gasteiger partial charge in [-0.1, -0.05) is 45.0 Å². The number of carbonyl (C=O) groups excluding carboxylic acids is 1. The van der Waals surface area contributed by atoms with Crippen LogP contribution in [0.5, 0.6) is 0 Å². The van der Waals surface area contributed by atoms with Gasteiger partial charge in [-0.15, -0.1) is 0 Å². The molecule has 124 valence electrons. The van der Waals surface area contributed by atoms with Crippen molar-refractivity contribution in [3.63, 3.8) is 0 Å². The lowest BCUT2D eigenvalue weighted by Gasteiger charge is -2.33. The van der Waals surface area contributed by atoms with Crippen molar-refractivity contribution in [1.82, 2.24) is 10.2 Å². The first kappa shape index (κ1) is 18.7. The number of amides is 1. The highest BCUT2D eigenvalue weighted by Crippen LogP contribution is 2.26. The molecule has 0 bridgehead atoms. The van der Waals surface area contributed by atoms with Gasteiger partial charge in [0.2, 0.25) is 5.91 Å². The lowest BCUT2D eigenvalue weighted by Crippen LogP contribution is -2.47. The Morgan fingerprint density at radius 3 is 2.27 bits per heavy atom. The SMILES string of the molecule is Cc1ccccc1CN(C)C(=O)CNC(C)(C)CC(C)(C)C. The fraction of sp³-hybridized carbons (Fsp3) is 0.632. The van der Waals surface area contributed by atoms with Gasteiger partial charge in [0.25, 0.3) is 0 Å². The Morgan fingerprint density at radius 2 is 1.73 bits per heavy atom. The van der Waals surface area contributed by atoms with Gasteiger partial charge in [-0.25, -0.2) is 0 Å². The number of hydrogen-bond acceptors (Lipinski definition) is 2. The molecule has 3 nitrogen and oxygen atoms in total. The molecular formula is C19H32N2O. The molecule has 1 aromatic rings. The maximum Gasteiger partial charge on any atom is 0.236 e. The third-order valence-corrected chi connectivity index (χ3v) is 3.78. The van der Waals surface area contributed by atoms with E-state index in [0.717, 1.165) is 6.42 Å². The number of rotatable bonds is 6. The van der Waals surface area contributed by atoms with Crippen molar-refractivity contribution in [2.45, 2.75) is 60.0 Å². The van der Waals surface area contributed by atoms with Gasteiger partial charge in [-0.05, 0) is 43.7 Å². The summed E-state index contributed by atoms with van der Waals surface area (Å²) in [6, 6.07) is 8.21. The van der Waals surface area contributed by atoms with Crippen LogP contribution in [0.2, 0.25) is 0 Å². The minimum atomic E-state index is -0.0442. The van der Waals surface area contributed by atoms with Crippen molar-refractivity contribution in [3.8, 4) is 0 Å². The van der Waals surface area contributed by atoms with Gasteiger partial charge in [0.1, 0.15) is 0 Å². The van der Waals surface area contributed by atoms with Crippen molar-refractivity contribution in [3.05, 3.63) is 35.4 Å². The van der Waals surface area contributed by atoms with E-state index in [-0.39, 0.29) is 16.9 Å². The summed E-state index contributed by atoms with van der Waals surface area (Å²) in [7, 11) is 1.87. The van der Waals surface area contributed by atoms with Crippen LogP contribution < -0.4 is 5.32 Å². The summed E-state index contributed by atoms with van der Waals surface area (Å²) in [5.41, 5.74) is 2.62. The van der Waals surface area contributed by atoms with E-state index in [2.05, 4.69) is 59.0 Å². The van der Waals surface area contributed by atoms with Gasteiger partial charge in [0.15, 0.2) is 0 Å². The quantitative estimate of drug-likeness (QED) is 0.868. The molecule has 3 heteroatoms. The van der Waals surface area contributed by atoms with Gasteiger partial charge in [0.05, 0.1) is 6.54 Å². The average molecular weight is 304 g/mol. The smallest absolute Gasteiger partial charge is 0.236 e. The molecule has 0 spiro atoms. The molecule has 1 N–H and O–H groups in total. The van der Waals surface area contributed by atoms with E-state index in [1.165, 1.54) is 11.1 Å². The van der Waals surface area contributed by atoms with E-state index in [9.17, 15) is 4.79 Å². The lowest BCUT2D eigenvalue weighted by molar-refractivity contribution is -0.129. The molecule has 22 heavy (non-hydrogen) atoms. The molecule has 0 fully saturated rings. The zero-order chi connectivity index (χ0) is 17.0. The van der Waals surface area contributed by atoms with Crippen LogP contribution in [-0.4, -0.2) is 29.9 Å². The fourth-order valence-corrected chi connectivity index (χ4v) is 2.97. The van der Waals surface area contributed by atoms with Crippen molar-refractivity contribution in [1.29, 1.82) is 0 Å². The van der Waals surface area contributed by atoms with Crippen LogP contribution in [0.25, 0.3) is 0 Å². The standard InChI is InChI=1S/C19H32N2O/c1-15-10-8-9-11-16(15)13-21(7)17(22)12-20-19(5,6)14-18(2,3)4/h8-11,20H,12-14H2,1-7H3. The highest BCUT2D eigenvalue weighted by molar-refractivity contribution is 5.78. The van der Waals surface area contributed by atoms with Gasteiger partial charge >= 0.3 is 0 Å². The monoisotopic (exact) mass is 304 g/mol. The second-order valence-corrected chi connectivity index (χ2v) is 8.15. The summed E-state index contributed by atoms with van der Waals surface area (Å²) < 4.78 is 0. The topological polar surface area (TPSA) is 32.3 Å². The Morgan fingerprint density at radius 1 is 1.14 bits per heavy atom. The summed E-state index contributed by atoms with van der Waals surface area (Å²) in [5.74, 6) is 0.130. The van der Waals surface area contributed by atoms with Gasteiger partial charge in [-0.3, -0.25) is 4.79 Å². The maximum atomic E-state index is 12.3. The van der Waals surface area contributed by atoms with Crippen LogP contribution in [0, 0.1) is 12.3 Å². The average Bonchev–Trinajstić information content (AvgIpc) is 2.36. The van der Waals surface area contributed by atoms with E-state index < -0.39 is 0 Å². The number of aryl methyl sites for hydroxylation is 1. The first-order chi connectivity index (χ1) is 10.0. The zero-order valence-corrected chi connectivity index (χ0v) is 15.3. The molecule has 1 amide bonds. The summed E-state index contributed by atoms with van der Waals surface area (Å²) in [6.07, 6.45) is 1.02. The molecule has 0 radical (unpaired) electrons. The van der Waals surface area contributed by atoms with Gasteiger partial charge in [-0.2, -0.15) is 0 Å². The predicted octanol–water partition coefficient (Wildman–Crippen LogP) is 3.76. The molecule has 0 heterocycles. The first-order valence-corrected chi connectivity index (χ1v) is 8.04. The normalized spacial score (nSPS) is 12.3. The summed E-state index contributed by atoms with van der Waals surface area (Å²) in [6.45, 7) is 14.1. The molecule has 0 saturated carbocycles. The van der Waals surface area contributed by atoms with Crippen LogP contribution in [0.3, 0.4) is 0 Å². The molecule has 1 rings (SSSR count). The van der Waals surface area contributed by atoms with Crippen molar-refractivity contribution >= 4 is 5.91 Å². The molecule has 1 aromatic carbocycles. The third-order valence-electron chi connectivity index (χ3n) is 3.78. The zero-order valence-electron chi connectivity index (χ0n) is 15.3.